The van der Waals surface area contributed by atoms with Crippen LogP contribution in [0.15, 0.2) is 35.5 Å². The molecule has 0 spiro atoms. The molecule has 0 aromatic heterocycles. The molecule has 1 aliphatic carbocycles. The summed E-state index contributed by atoms with van der Waals surface area (Å²) in [6, 6.07) is 5.12. The molecule has 114 valence electrons. The summed E-state index contributed by atoms with van der Waals surface area (Å²) in [6.45, 7) is 0. The lowest BCUT2D eigenvalue weighted by Crippen LogP contribution is -2.47. The number of carbonyl (C=O) groups excluding carboxylic acids is 2. The summed E-state index contributed by atoms with van der Waals surface area (Å²) in [5.74, 6) is -0.00962. The fraction of sp³-hybridized carbons (Fsp3) is 0.333. The molecule has 7 heteroatoms. The number of ketones is 1. The molecule has 2 aliphatic rings. The van der Waals surface area contributed by atoms with Crippen LogP contribution in [0.3, 0.4) is 0 Å². The van der Waals surface area contributed by atoms with Gasteiger partial charge in [-0.25, -0.2) is 4.79 Å². The van der Waals surface area contributed by atoms with E-state index in [1.165, 1.54) is 17.0 Å². The van der Waals surface area contributed by atoms with E-state index in [1.807, 2.05) is 0 Å². The Balaban J connectivity index is 2.11. The molecule has 7 nitrogen and oxygen atoms in total. The highest BCUT2D eigenvalue weighted by molar-refractivity contribution is 6.00. The van der Waals surface area contributed by atoms with Gasteiger partial charge in [0.1, 0.15) is 0 Å². The molecule has 1 aliphatic heterocycles. The van der Waals surface area contributed by atoms with Crippen LogP contribution in [0, 0.1) is 10.1 Å². The zero-order valence-electron chi connectivity index (χ0n) is 12.0. The zero-order valence-corrected chi connectivity index (χ0v) is 12.0. The van der Waals surface area contributed by atoms with Crippen molar-refractivity contribution >= 4 is 17.5 Å². The maximum Gasteiger partial charge on any atom is 0.322 e. The normalized spacial score (nSPS) is 21.5. The summed E-state index contributed by atoms with van der Waals surface area (Å²) in [6.07, 6.45) is 1.82. The largest absolute Gasteiger partial charge is 0.327 e. The van der Waals surface area contributed by atoms with Crippen LogP contribution < -0.4 is 5.32 Å². The molecule has 2 amide bonds. The van der Waals surface area contributed by atoms with Crippen molar-refractivity contribution < 1.29 is 14.5 Å². The third kappa shape index (κ3) is 2.24. The number of amides is 2. The number of nitro benzene ring substituents is 1. The van der Waals surface area contributed by atoms with Gasteiger partial charge in [0.05, 0.1) is 11.0 Å². The molecule has 0 saturated carbocycles. The minimum absolute atomic E-state index is 0.00962. The van der Waals surface area contributed by atoms with Crippen molar-refractivity contribution in [1.29, 1.82) is 0 Å². The van der Waals surface area contributed by atoms with E-state index >= 15 is 0 Å². The summed E-state index contributed by atoms with van der Waals surface area (Å²) in [5.41, 5.74) is 1.76. The Hall–Kier alpha value is -2.70. The smallest absolute Gasteiger partial charge is 0.322 e. The minimum atomic E-state index is -0.619. The lowest BCUT2D eigenvalue weighted by Gasteiger charge is -2.37. The van der Waals surface area contributed by atoms with Gasteiger partial charge < -0.3 is 10.2 Å². The topological polar surface area (TPSA) is 92.6 Å². The van der Waals surface area contributed by atoms with E-state index in [1.54, 1.807) is 19.2 Å². The van der Waals surface area contributed by atoms with Crippen LogP contribution in [0.1, 0.15) is 30.9 Å². The Morgan fingerprint density at radius 1 is 1.32 bits per heavy atom. The van der Waals surface area contributed by atoms with Crippen LogP contribution in [0.4, 0.5) is 10.5 Å². The van der Waals surface area contributed by atoms with Gasteiger partial charge in [-0.3, -0.25) is 14.9 Å². The van der Waals surface area contributed by atoms with Gasteiger partial charge in [-0.05, 0) is 18.4 Å². The Kier molecular flexibility index (Phi) is 3.40. The summed E-state index contributed by atoms with van der Waals surface area (Å²) in [4.78, 5) is 36.3. The number of nitrogens with zero attached hydrogens (tertiary/aromatic N) is 2. The van der Waals surface area contributed by atoms with E-state index in [0.717, 1.165) is 12.1 Å². The van der Waals surface area contributed by atoms with Crippen LogP contribution in [0.25, 0.3) is 0 Å². The molecule has 0 fully saturated rings. The number of hydrogen-bond donors (Lipinski definition) is 1. The second-order valence-electron chi connectivity index (χ2n) is 5.43. The minimum Gasteiger partial charge on any atom is -0.327 e. The maximum atomic E-state index is 12.3. The first-order valence-electron chi connectivity index (χ1n) is 7.04. The van der Waals surface area contributed by atoms with Crippen molar-refractivity contribution in [3.8, 4) is 0 Å². The molecule has 0 radical (unpaired) electrons. The average molecular weight is 301 g/mol. The van der Waals surface area contributed by atoms with Crippen LogP contribution in [-0.2, 0) is 4.79 Å². The Bertz CT molecular complexity index is 710. The number of nitro groups is 1. The van der Waals surface area contributed by atoms with E-state index in [4.69, 9.17) is 0 Å². The monoisotopic (exact) mass is 301 g/mol. The lowest BCUT2D eigenvalue weighted by atomic mass is 9.85. The van der Waals surface area contributed by atoms with E-state index in [0.29, 0.717) is 24.0 Å². The zero-order chi connectivity index (χ0) is 15.9. The fourth-order valence-electron chi connectivity index (χ4n) is 3.01. The van der Waals surface area contributed by atoms with Gasteiger partial charge in [0.25, 0.3) is 5.69 Å². The number of allylic oxidation sites excluding steroid dienone is 1. The van der Waals surface area contributed by atoms with Crippen molar-refractivity contribution in [1.82, 2.24) is 10.2 Å². The predicted octanol–water partition coefficient (Wildman–Crippen LogP) is 2.30. The standard InChI is InChI=1S/C15H15N3O4/c1-17-11-6-3-7-12(19)13(11)14(16-15(17)20)9-4-2-5-10(8-9)18(21)22/h2,4-5,8,14H,3,6-7H2,1H3,(H,16,20)/t14-/m0/s1. The van der Waals surface area contributed by atoms with Gasteiger partial charge in [0.2, 0.25) is 0 Å². The molecule has 0 bridgehead atoms. The molecule has 1 aromatic rings. The van der Waals surface area contributed by atoms with Crippen molar-refractivity contribution in [3.63, 3.8) is 0 Å². The molecule has 3 rings (SSSR count). The number of rotatable bonds is 2. The van der Waals surface area contributed by atoms with E-state index in [-0.39, 0.29) is 17.5 Å². The van der Waals surface area contributed by atoms with Crippen LogP contribution in [0.5, 0.6) is 0 Å². The van der Waals surface area contributed by atoms with Crippen molar-refractivity contribution in [2.45, 2.75) is 25.3 Å². The molecular weight excluding hydrogens is 286 g/mol. The number of non-ortho nitro benzene ring substituents is 1. The molecule has 1 aromatic carbocycles. The summed E-state index contributed by atoms with van der Waals surface area (Å²) in [5, 5.41) is 13.7. The van der Waals surface area contributed by atoms with E-state index in [9.17, 15) is 19.7 Å². The highest BCUT2D eigenvalue weighted by Crippen LogP contribution is 2.37. The third-order valence-corrected chi connectivity index (χ3v) is 4.11. The van der Waals surface area contributed by atoms with Crippen LogP contribution >= 0.6 is 0 Å². The van der Waals surface area contributed by atoms with Crippen molar-refractivity contribution in [2.24, 2.45) is 0 Å². The van der Waals surface area contributed by atoms with Crippen molar-refractivity contribution in [2.75, 3.05) is 7.05 Å². The quantitative estimate of drug-likeness (QED) is 0.670. The first-order valence-corrected chi connectivity index (χ1v) is 7.04. The third-order valence-electron chi connectivity index (χ3n) is 4.11. The van der Waals surface area contributed by atoms with Crippen molar-refractivity contribution in [3.05, 3.63) is 51.2 Å². The molecule has 0 saturated heterocycles. The summed E-state index contributed by atoms with van der Waals surface area (Å²) >= 11 is 0. The average Bonchev–Trinajstić information content (AvgIpc) is 2.51. The SMILES string of the molecule is CN1C(=O)N[C@@H](c2cccc([N+](=O)[O-])c2)C2=C1CCCC2=O. The second-order valence-corrected chi connectivity index (χ2v) is 5.43. The number of Topliss-reactive ketones (excluding diaryl/α,β-unsaturated/α-hetero) is 1. The summed E-state index contributed by atoms with van der Waals surface area (Å²) in [7, 11) is 1.63. The number of carbonyl (C=O) groups is 2. The number of benzene rings is 1. The maximum absolute atomic E-state index is 12.3. The van der Waals surface area contributed by atoms with E-state index < -0.39 is 11.0 Å². The van der Waals surface area contributed by atoms with Gasteiger partial charge in [0, 0.05) is 36.9 Å². The van der Waals surface area contributed by atoms with Gasteiger partial charge in [0.15, 0.2) is 5.78 Å². The summed E-state index contributed by atoms with van der Waals surface area (Å²) < 4.78 is 0. The predicted molar refractivity (Wildman–Crippen MR) is 78.0 cm³/mol. The van der Waals surface area contributed by atoms with Gasteiger partial charge in [-0.15, -0.1) is 0 Å². The van der Waals surface area contributed by atoms with Crippen LogP contribution in [0.2, 0.25) is 0 Å². The first-order chi connectivity index (χ1) is 10.5. The molecule has 1 N–H and O–H groups in total. The van der Waals surface area contributed by atoms with Gasteiger partial charge >= 0.3 is 6.03 Å². The Morgan fingerprint density at radius 3 is 2.82 bits per heavy atom. The molecular formula is C15H15N3O4. The number of hydrogen-bond acceptors (Lipinski definition) is 4. The Morgan fingerprint density at radius 2 is 2.09 bits per heavy atom. The Labute approximate surface area is 126 Å². The first kappa shape index (κ1) is 14.2. The molecule has 0 unspecified atom stereocenters. The van der Waals surface area contributed by atoms with Crippen LogP contribution in [-0.4, -0.2) is 28.7 Å². The molecule has 1 atom stereocenters. The van der Waals surface area contributed by atoms with Gasteiger partial charge in [-0.1, -0.05) is 12.1 Å². The number of urea groups is 1. The molecule has 22 heavy (non-hydrogen) atoms. The van der Waals surface area contributed by atoms with Gasteiger partial charge in [-0.2, -0.15) is 0 Å². The lowest BCUT2D eigenvalue weighted by molar-refractivity contribution is -0.384. The number of nitrogens with one attached hydrogen (secondary N) is 1. The highest BCUT2D eigenvalue weighted by atomic mass is 16.6. The van der Waals surface area contributed by atoms with E-state index in [2.05, 4.69) is 5.32 Å². The molecule has 1 heterocycles. The fourth-order valence-corrected chi connectivity index (χ4v) is 3.01. The highest BCUT2D eigenvalue weighted by Gasteiger charge is 2.37. The second kappa shape index (κ2) is 5.25.